The van der Waals surface area contributed by atoms with E-state index in [9.17, 15) is 9.59 Å². The number of nitrogens with one attached hydrogen (secondary N) is 1. The van der Waals surface area contributed by atoms with Gasteiger partial charge < -0.3 is 19.4 Å². The first kappa shape index (κ1) is 22.3. The largest absolute Gasteiger partial charge is 0.485 e. The minimum Gasteiger partial charge on any atom is -0.485 e. The summed E-state index contributed by atoms with van der Waals surface area (Å²) in [6.45, 7) is 0.255. The number of amides is 1. The summed E-state index contributed by atoms with van der Waals surface area (Å²) in [6, 6.07) is 20.5. The number of hydrogen-bond acceptors (Lipinski definition) is 7. The van der Waals surface area contributed by atoms with Gasteiger partial charge in [0.25, 0.3) is 0 Å². The molecule has 8 nitrogen and oxygen atoms in total. The van der Waals surface area contributed by atoms with E-state index >= 15 is 0 Å². The lowest BCUT2D eigenvalue weighted by Gasteiger charge is -2.09. The fourth-order valence-corrected chi connectivity index (χ4v) is 3.96. The van der Waals surface area contributed by atoms with Gasteiger partial charge in [0.15, 0.2) is 11.0 Å². The Morgan fingerprint density at radius 2 is 1.82 bits per heavy atom. The molecule has 0 saturated heterocycles. The minimum atomic E-state index is -0.460. The molecule has 0 radical (unpaired) electrons. The molecule has 0 fully saturated rings. The highest BCUT2D eigenvalue weighted by molar-refractivity contribution is 7.99. The number of methoxy groups -OCH3 is 1. The van der Waals surface area contributed by atoms with E-state index in [1.807, 2.05) is 49.5 Å². The fraction of sp³-hybridized carbons (Fsp3) is 0.167. The lowest BCUT2D eigenvalue weighted by atomic mass is 10.1. The molecular weight excluding hydrogens is 440 g/mol. The Morgan fingerprint density at radius 3 is 2.67 bits per heavy atom. The molecule has 3 aromatic carbocycles. The standard InChI is InChI=1S/C24H22N4O4S/c1-28-21(14-32-20-12-6-8-16-7-3-4-11-19(16)20)26-27-24(28)33-15-22(29)25-18-10-5-9-17(13-18)23(30)31-2/h3-13H,14-15H2,1-2H3,(H,25,29). The molecule has 0 spiro atoms. The lowest BCUT2D eigenvalue weighted by Crippen LogP contribution is -2.15. The number of benzene rings is 3. The normalized spacial score (nSPS) is 10.7. The average Bonchev–Trinajstić information content (AvgIpc) is 3.20. The van der Waals surface area contributed by atoms with Gasteiger partial charge in [-0.25, -0.2) is 4.79 Å². The molecule has 1 aromatic heterocycles. The van der Waals surface area contributed by atoms with E-state index < -0.39 is 5.97 Å². The Bertz CT molecular complexity index is 1300. The van der Waals surface area contributed by atoms with E-state index in [1.54, 1.807) is 28.8 Å². The molecule has 0 aliphatic heterocycles. The van der Waals surface area contributed by atoms with E-state index in [1.165, 1.54) is 18.9 Å². The van der Waals surface area contributed by atoms with Crippen molar-refractivity contribution in [2.75, 3.05) is 18.2 Å². The third-order valence-corrected chi connectivity index (χ3v) is 5.95. The maximum Gasteiger partial charge on any atom is 0.337 e. The zero-order valence-electron chi connectivity index (χ0n) is 18.1. The molecular formula is C24H22N4O4S. The Hall–Kier alpha value is -3.85. The molecule has 0 saturated carbocycles. The van der Waals surface area contributed by atoms with Crippen molar-refractivity contribution in [2.45, 2.75) is 11.8 Å². The average molecular weight is 463 g/mol. The topological polar surface area (TPSA) is 95.3 Å². The minimum absolute atomic E-state index is 0.138. The molecule has 168 valence electrons. The van der Waals surface area contributed by atoms with Gasteiger partial charge >= 0.3 is 5.97 Å². The SMILES string of the molecule is COC(=O)c1cccc(NC(=O)CSc2nnc(COc3cccc4ccccc34)n2C)c1. The first-order valence-corrected chi connectivity index (χ1v) is 11.1. The van der Waals surface area contributed by atoms with Crippen molar-refractivity contribution >= 4 is 40.1 Å². The van der Waals surface area contributed by atoms with Crippen molar-refractivity contribution in [2.24, 2.45) is 7.05 Å². The van der Waals surface area contributed by atoms with Crippen LogP contribution >= 0.6 is 11.8 Å². The molecule has 0 aliphatic carbocycles. The molecule has 1 amide bonds. The van der Waals surface area contributed by atoms with Crippen molar-refractivity contribution in [3.63, 3.8) is 0 Å². The van der Waals surface area contributed by atoms with E-state index in [4.69, 9.17) is 9.47 Å². The molecule has 4 aromatic rings. The van der Waals surface area contributed by atoms with Crippen LogP contribution in [0.15, 0.2) is 71.9 Å². The van der Waals surface area contributed by atoms with Crippen molar-refractivity contribution in [3.05, 3.63) is 78.1 Å². The highest BCUT2D eigenvalue weighted by Crippen LogP contribution is 2.26. The van der Waals surface area contributed by atoms with Gasteiger partial charge in [-0.05, 0) is 29.7 Å². The van der Waals surface area contributed by atoms with Crippen LogP contribution in [0.3, 0.4) is 0 Å². The highest BCUT2D eigenvalue weighted by atomic mass is 32.2. The molecule has 0 unspecified atom stereocenters. The second-order valence-corrected chi connectivity index (χ2v) is 8.08. The number of hydrogen-bond donors (Lipinski definition) is 1. The number of rotatable bonds is 8. The van der Waals surface area contributed by atoms with Crippen molar-refractivity contribution in [1.29, 1.82) is 0 Å². The maximum absolute atomic E-state index is 12.4. The van der Waals surface area contributed by atoms with Gasteiger partial charge in [0, 0.05) is 18.1 Å². The van der Waals surface area contributed by atoms with Crippen LogP contribution in [0.2, 0.25) is 0 Å². The predicted octanol–water partition coefficient (Wildman–Crippen LogP) is 4.06. The summed E-state index contributed by atoms with van der Waals surface area (Å²) in [5.41, 5.74) is 0.887. The number of fused-ring (bicyclic) bond motifs is 1. The van der Waals surface area contributed by atoms with Crippen LogP contribution < -0.4 is 10.1 Å². The monoisotopic (exact) mass is 462 g/mol. The zero-order valence-corrected chi connectivity index (χ0v) is 19.0. The first-order valence-electron chi connectivity index (χ1n) is 10.1. The number of carbonyl (C=O) groups excluding carboxylic acids is 2. The number of ether oxygens (including phenoxy) is 2. The Labute approximate surface area is 194 Å². The molecule has 1 N–H and O–H groups in total. The number of esters is 1. The predicted molar refractivity (Wildman–Crippen MR) is 126 cm³/mol. The van der Waals surface area contributed by atoms with Gasteiger partial charge in [-0.3, -0.25) is 4.79 Å². The summed E-state index contributed by atoms with van der Waals surface area (Å²) >= 11 is 1.26. The first-order chi connectivity index (χ1) is 16.0. The van der Waals surface area contributed by atoms with Crippen molar-refractivity contribution in [1.82, 2.24) is 14.8 Å². The number of carbonyl (C=O) groups is 2. The van der Waals surface area contributed by atoms with Gasteiger partial charge in [-0.2, -0.15) is 0 Å². The van der Waals surface area contributed by atoms with E-state index in [0.717, 1.165) is 16.5 Å². The summed E-state index contributed by atoms with van der Waals surface area (Å²) < 4.78 is 12.5. The van der Waals surface area contributed by atoms with E-state index in [0.29, 0.717) is 22.2 Å². The quantitative estimate of drug-likeness (QED) is 0.312. The number of thioether (sulfide) groups is 1. The van der Waals surface area contributed by atoms with Gasteiger partial charge in [0.1, 0.15) is 12.4 Å². The molecule has 1 heterocycles. The molecule has 4 rings (SSSR count). The van der Waals surface area contributed by atoms with Crippen LogP contribution in [0.1, 0.15) is 16.2 Å². The van der Waals surface area contributed by atoms with Crippen LogP contribution in [0.4, 0.5) is 5.69 Å². The van der Waals surface area contributed by atoms with E-state index in [2.05, 4.69) is 15.5 Å². The van der Waals surface area contributed by atoms with E-state index in [-0.39, 0.29) is 18.3 Å². The summed E-state index contributed by atoms with van der Waals surface area (Å²) in [4.78, 5) is 24.0. The molecule has 9 heteroatoms. The Balaban J connectivity index is 1.34. The summed E-state index contributed by atoms with van der Waals surface area (Å²) in [7, 11) is 3.15. The van der Waals surface area contributed by atoms with Crippen LogP contribution in [0.25, 0.3) is 10.8 Å². The zero-order chi connectivity index (χ0) is 23.2. The van der Waals surface area contributed by atoms with Gasteiger partial charge in [0.05, 0.1) is 18.4 Å². The van der Waals surface area contributed by atoms with Crippen molar-refractivity contribution < 1.29 is 19.1 Å². The van der Waals surface area contributed by atoms with Gasteiger partial charge in [0.2, 0.25) is 5.91 Å². The molecule has 0 aliphatic rings. The third-order valence-electron chi connectivity index (χ3n) is 4.93. The lowest BCUT2D eigenvalue weighted by molar-refractivity contribution is -0.113. The second-order valence-electron chi connectivity index (χ2n) is 7.13. The maximum atomic E-state index is 12.4. The van der Waals surface area contributed by atoms with Crippen LogP contribution in [-0.2, 0) is 23.2 Å². The molecule has 33 heavy (non-hydrogen) atoms. The van der Waals surface area contributed by atoms with Crippen LogP contribution in [0, 0.1) is 0 Å². The smallest absolute Gasteiger partial charge is 0.337 e. The van der Waals surface area contributed by atoms with Crippen molar-refractivity contribution in [3.8, 4) is 5.75 Å². The molecule has 0 atom stereocenters. The number of aromatic nitrogens is 3. The Morgan fingerprint density at radius 1 is 1.03 bits per heavy atom. The summed E-state index contributed by atoms with van der Waals surface area (Å²) in [5, 5.41) is 13.9. The second kappa shape index (κ2) is 10.2. The van der Waals surface area contributed by atoms with Crippen LogP contribution in [-0.4, -0.2) is 39.5 Å². The molecule has 0 bridgehead atoms. The number of nitrogens with zero attached hydrogens (tertiary/aromatic N) is 3. The van der Waals surface area contributed by atoms with Crippen LogP contribution in [0.5, 0.6) is 5.75 Å². The van der Waals surface area contributed by atoms with Gasteiger partial charge in [-0.1, -0.05) is 54.2 Å². The van der Waals surface area contributed by atoms with Gasteiger partial charge in [-0.15, -0.1) is 10.2 Å². The fourth-order valence-electron chi connectivity index (χ4n) is 3.23. The summed E-state index contributed by atoms with van der Waals surface area (Å²) in [6.07, 6.45) is 0. The summed E-state index contributed by atoms with van der Waals surface area (Å²) in [5.74, 6) is 0.880. The number of anilines is 1. The highest BCUT2D eigenvalue weighted by Gasteiger charge is 2.13. The Kier molecular flexibility index (Phi) is 6.89. The third kappa shape index (κ3) is 5.32.